The molecule has 0 spiro atoms. The highest BCUT2D eigenvalue weighted by Crippen LogP contribution is 2.30. The molecule has 1 heterocycles. The average Bonchev–Trinajstić information content (AvgIpc) is 3.08. The quantitative estimate of drug-likeness (QED) is 0.237. The minimum Gasteiger partial charge on any atom is -0.465 e. The van der Waals surface area contributed by atoms with Crippen molar-refractivity contribution >= 4 is 46.3 Å². The summed E-state index contributed by atoms with van der Waals surface area (Å²) in [6, 6.07) is 23.2. The summed E-state index contributed by atoms with van der Waals surface area (Å²) in [5.74, 6) is -0.242. The zero-order valence-electron chi connectivity index (χ0n) is 18.6. The van der Waals surface area contributed by atoms with E-state index in [4.69, 9.17) is 16.3 Å². The van der Waals surface area contributed by atoms with Crippen molar-refractivity contribution in [1.82, 2.24) is 4.57 Å². The van der Waals surface area contributed by atoms with Gasteiger partial charge >= 0.3 is 5.97 Å². The van der Waals surface area contributed by atoms with Crippen molar-refractivity contribution in [2.75, 3.05) is 11.5 Å². The number of rotatable bonds is 8. The van der Waals surface area contributed by atoms with Gasteiger partial charge in [0.1, 0.15) is 6.54 Å². The molecule has 5 nitrogen and oxygen atoms in total. The van der Waals surface area contributed by atoms with Gasteiger partial charge in [0.2, 0.25) is 6.41 Å². The van der Waals surface area contributed by atoms with E-state index < -0.39 is 0 Å². The molecular weight excluding hydrogens is 436 g/mol. The molecule has 0 N–H and O–H groups in total. The minimum absolute atomic E-state index is 0.189. The molecule has 3 aromatic carbocycles. The van der Waals surface area contributed by atoms with Crippen molar-refractivity contribution in [2.45, 2.75) is 26.8 Å². The number of hydrogen-bond acceptors (Lipinski definition) is 3. The largest absolute Gasteiger partial charge is 0.465 e. The summed E-state index contributed by atoms with van der Waals surface area (Å²) in [6.07, 6.45) is 1.51. The van der Waals surface area contributed by atoms with E-state index in [9.17, 15) is 9.59 Å². The Morgan fingerprint density at radius 3 is 2.27 bits per heavy atom. The number of amides is 1. The highest BCUT2D eigenvalue weighted by Gasteiger charge is 2.17. The third-order valence-corrected chi connectivity index (χ3v) is 6.01. The predicted octanol–water partition coefficient (Wildman–Crippen LogP) is 6.05. The van der Waals surface area contributed by atoms with Crippen LogP contribution in [0.15, 0.2) is 72.8 Å². The molecule has 0 fully saturated rings. The van der Waals surface area contributed by atoms with Crippen molar-refractivity contribution in [1.29, 1.82) is 0 Å². The maximum Gasteiger partial charge on any atom is 0.325 e. The molecule has 0 radical (unpaired) electrons. The molecular formula is C27H25ClN2O3. The molecule has 0 aliphatic rings. The molecule has 168 valence electrons. The second kappa shape index (κ2) is 9.92. The van der Waals surface area contributed by atoms with Gasteiger partial charge in [-0.05, 0) is 73.9 Å². The second-order valence-corrected chi connectivity index (χ2v) is 8.20. The molecule has 6 heteroatoms. The smallest absolute Gasteiger partial charge is 0.325 e. The predicted molar refractivity (Wildman–Crippen MR) is 132 cm³/mol. The molecule has 0 unspecified atom stereocenters. The van der Waals surface area contributed by atoms with E-state index in [0.29, 0.717) is 18.1 Å². The van der Waals surface area contributed by atoms with E-state index in [-0.39, 0.29) is 12.5 Å². The van der Waals surface area contributed by atoms with Gasteiger partial charge in [-0.15, -0.1) is 0 Å². The highest BCUT2D eigenvalue weighted by molar-refractivity contribution is 6.30. The van der Waals surface area contributed by atoms with Gasteiger partial charge in [-0.3, -0.25) is 14.5 Å². The Kier molecular flexibility index (Phi) is 6.80. The molecule has 0 saturated carbocycles. The Bertz CT molecular complexity index is 1280. The lowest BCUT2D eigenvalue weighted by atomic mass is 10.0. The zero-order valence-corrected chi connectivity index (χ0v) is 19.4. The number of anilines is 2. The first-order valence-corrected chi connectivity index (χ1v) is 11.2. The Labute approximate surface area is 198 Å². The topological polar surface area (TPSA) is 51.5 Å². The van der Waals surface area contributed by atoms with Gasteiger partial charge in [0, 0.05) is 33.0 Å². The number of para-hydroxylation sites is 1. The lowest BCUT2D eigenvalue weighted by Gasteiger charge is -2.18. The first-order chi connectivity index (χ1) is 16.0. The first kappa shape index (κ1) is 22.6. The van der Waals surface area contributed by atoms with E-state index in [1.165, 1.54) is 5.56 Å². The summed E-state index contributed by atoms with van der Waals surface area (Å²) in [7, 11) is 0. The summed E-state index contributed by atoms with van der Waals surface area (Å²) in [5, 5.41) is 1.75. The molecule has 0 atom stereocenters. The third-order valence-electron chi connectivity index (χ3n) is 5.76. The summed E-state index contributed by atoms with van der Waals surface area (Å²) >= 11 is 5.97. The first-order valence-electron chi connectivity index (χ1n) is 10.8. The van der Waals surface area contributed by atoms with Gasteiger partial charge in [-0.25, -0.2) is 0 Å². The molecule has 4 rings (SSSR count). The summed E-state index contributed by atoms with van der Waals surface area (Å²) in [6.45, 7) is 4.41. The normalized spacial score (nSPS) is 10.9. The van der Waals surface area contributed by atoms with Crippen LogP contribution in [0.25, 0.3) is 10.9 Å². The number of fused-ring (bicyclic) bond motifs is 1. The van der Waals surface area contributed by atoms with Crippen molar-refractivity contribution in [3.8, 4) is 0 Å². The SMILES string of the molecule is CCOC(=O)Cn1c(C)c(Cc2ccc(N(C=O)c3ccc(Cl)cc3)cc2)c2ccccc21. The van der Waals surface area contributed by atoms with Gasteiger partial charge in [0.05, 0.1) is 6.61 Å². The van der Waals surface area contributed by atoms with Crippen molar-refractivity contribution < 1.29 is 14.3 Å². The van der Waals surface area contributed by atoms with E-state index in [1.807, 2.05) is 73.0 Å². The number of carbonyl (C=O) groups excluding carboxylic acids is 2. The molecule has 1 amide bonds. The molecule has 33 heavy (non-hydrogen) atoms. The van der Waals surface area contributed by atoms with Crippen LogP contribution in [0.1, 0.15) is 23.7 Å². The summed E-state index contributed by atoms with van der Waals surface area (Å²) in [4.78, 5) is 25.5. The molecule has 0 aliphatic heterocycles. The Hall–Kier alpha value is -3.57. The summed E-state index contributed by atoms with van der Waals surface area (Å²) in [5.41, 5.74) is 5.88. The fourth-order valence-electron chi connectivity index (χ4n) is 4.12. The average molecular weight is 461 g/mol. The van der Waals surface area contributed by atoms with Gasteiger partial charge in [0.25, 0.3) is 0 Å². The number of aromatic nitrogens is 1. The van der Waals surface area contributed by atoms with Gasteiger partial charge in [0.15, 0.2) is 0 Å². The van der Waals surface area contributed by atoms with Crippen LogP contribution in [0.4, 0.5) is 11.4 Å². The van der Waals surface area contributed by atoms with Crippen LogP contribution >= 0.6 is 11.6 Å². The number of benzene rings is 3. The fourth-order valence-corrected chi connectivity index (χ4v) is 4.24. The lowest BCUT2D eigenvalue weighted by molar-refractivity contribution is -0.143. The molecule has 1 aromatic heterocycles. The van der Waals surface area contributed by atoms with Crippen molar-refractivity contribution in [2.24, 2.45) is 0 Å². The molecule has 0 saturated heterocycles. The zero-order chi connectivity index (χ0) is 23.4. The van der Waals surface area contributed by atoms with Gasteiger partial charge in [-0.1, -0.05) is 41.9 Å². The third kappa shape index (κ3) is 4.78. The highest BCUT2D eigenvalue weighted by atomic mass is 35.5. The maximum atomic E-state index is 12.2. The van der Waals surface area contributed by atoms with E-state index >= 15 is 0 Å². The second-order valence-electron chi connectivity index (χ2n) is 7.77. The number of halogens is 1. The van der Waals surface area contributed by atoms with E-state index in [1.54, 1.807) is 17.0 Å². The standard InChI is InChI=1S/C27H25ClN2O3/c1-3-33-27(32)17-29-19(2)25(24-6-4-5-7-26(24)29)16-20-8-12-22(13-9-20)30(18-31)23-14-10-21(28)11-15-23/h4-15,18H,3,16-17H2,1-2H3. The molecule has 4 aromatic rings. The Balaban J connectivity index is 1.62. The van der Waals surface area contributed by atoms with E-state index in [0.717, 1.165) is 39.9 Å². The Morgan fingerprint density at radius 1 is 1.00 bits per heavy atom. The van der Waals surface area contributed by atoms with Crippen LogP contribution in [0.5, 0.6) is 0 Å². The van der Waals surface area contributed by atoms with Crippen LogP contribution in [-0.2, 0) is 27.3 Å². The van der Waals surface area contributed by atoms with Crippen LogP contribution in [-0.4, -0.2) is 23.6 Å². The van der Waals surface area contributed by atoms with Crippen LogP contribution in [0, 0.1) is 6.92 Å². The number of carbonyl (C=O) groups is 2. The fraction of sp³-hybridized carbons (Fsp3) is 0.185. The van der Waals surface area contributed by atoms with Gasteiger partial charge in [-0.2, -0.15) is 0 Å². The summed E-state index contributed by atoms with van der Waals surface area (Å²) < 4.78 is 7.19. The number of ether oxygens (including phenoxy) is 1. The molecule has 0 aliphatic carbocycles. The monoisotopic (exact) mass is 460 g/mol. The number of nitrogens with zero attached hydrogens (tertiary/aromatic N) is 2. The molecule has 0 bridgehead atoms. The van der Waals surface area contributed by atoms with Crippen molar-refractivity contribution in [3.05, 3.63) is 94.6 Å². The van der Waals surface area contributed by atoms with Gasteiger partial charge < -0.3 is 9.30 Å². The minimum atomic E-state index is -0.242. The number of esters is 1. The van der Waals surface area contributed by atoms with E-state index in [2.05, 4.69) is 6.07 Å². The van der Waals surface area contributed by atoms with Crippen LogP contribution < -0.4 is 4.90 Å². The number of hydrogen-bond donors (Lipinski definition) is 0. The van der Waals surface area contributed by atoms with Crippen LogP contribution in [0.3, 0.4) is 0 Å². The lowest BCUT2D eigenvalue weighted by Crippen LogP contribution is -2.14. The Morgan fingerprint density at radius 2 is 1.64 bits per heavy atom. The van der Waals surface area contributed by atoms with Crippen LogP contribution in [0.2, 0.25) is 5.02 Å². The van der Waals surface area contributed by atoms with Crippen molar-refractivity contribution in [3.63, 3.8) is 0 Å². The maximum absolute atomic E-state index is 12.2.